The van der Waals surface area contributed by atoms with E-state index in [9.17, 15) is 18.3 Å². The van der Waals surface area contributed by atoms with Crippen molar-refractivity contribution in [2.45, 2.75) is 11.6 Å². The lowest BCUT2D eigenvalue weighted by Gasteiger charge is -2.23. The summed E-state index contributed by atoms with van der Waals surface area (Å²) >= 11 is 2.97. The van der Waals surface area contributed by atoms with Gasteiger partial charge in [-0.3, -0.25) is 0 Å². The zero-order valence-corrected chi connectivity index (χ0v) is 9.78. The molecule has 0 saturated heterocycles. The molecule has 0 aliphatic heterocycles. The second kappa shape index (κ2) is 3.87. The highest BCUT2D eigenvalue weighted by Crippen LogP contribution is 2.36. The molecule has 0 bridgehead atoms. The van der Waals surface area contributed by atoms with Crippen molar-refractivity contribution in [3.05, 3.63) is 33.8 Å². The summed E-state index contributed by atoms with van der Waals surface area (Å²) in [6.45, 7) is 0. The molecule has 80 valence electrons. The largest absolute Gasteiger partial charge is 0.416 e. The first-order valence-electron chi connectivity index (χ1n) is 4.22. The van der Waals surface area contributed by atoms with Crippen LogP contribution in [0, 0.1) is 0 Å². The quantitative estimate of drug-likeness (QED) is 0.755. The number of benzene rings is 1. The molecule has 0 aliphatic rings. The van der Waals surface area contributed by atoms with Gasteiger partial charge in [0.15, 0.2) is 0 Å². The molecule has 0 atom stereocenters. The molecule has 0 fully saturated rings. The third kappa shape index (κ3) is 3.01. The summed E-state index contributed by atoms with van der Waals surface area (Å²) in [5, 5.41) is 8.10. The van der Waals surface area contributed by atoms with Gasteiger partial charge in [-0.1, -0.05) is 22.0 Å². The van der Waals surface area contributed by atoms with Crippen LogP contribution in [0.4, 0.5) is 13.2 Å². The van der Waals surface area contributed by atoms with Crippen molar-refractivity contribution < 1.29 is 18.3 Å². The number of alkyl halides is 3. The molecule has 0 heterocycles. The molecular weight excluding hydrogens is 271 g/mol. The van der Waals surface area contributed by atoms with Gasteiger partial charge in [-0.2, -0.15) is 13.2 Å². The number of hydrogen-bond donors (Lipinski definition) is 1. The summed E-state index contributed by atoms with van der Waals surface area (Å²) < 4.78 is 38.2. The predicted molar refractivity (Wildman–Crippen MR) is 60.1 cm³/mol. The Kier molecular flexibility index (Phi) is 3.26. The Morgan fingerprint density at radius 1 is 1.13 bits per heavy atom. The Hall–Kier alpha value is -0.420. The van der Waals surface area contributed by atoms with Crippen LogP contribution < -0.4 is 0 Å². The summed E-state index contributed by atoms with van der Waals surface area (Å²) in [6.07, 6.45) is -4.46. The van der Waals surface area contributed by atoms with Crippen LogP contribution >= 0.6 is 15.9 Å². The van der Waals surface area contributed by atoms with Crippen LogP contribution in [-0.4, -0.2) is 20.8 Å². The van der Waals surface area contributed by atoms with Crippen molar-refractivity contribution in [2.24, 2.45) is 0 Å². The van der Waals surface area contributed by atoms with E-state index < -0.39 is 17.1 Å². The first-order chi connectivity index (χ1) is 6.62. The number of hydrogen-bond acceptors (Lipinski definition) is 1. The van der Waals surface area contributed by atoms with Gasteiger partial charge in [0.25, 0.3) is 0 Å². The minimum absolute atomic E-state index is 0.127. The fraction of sp³-hybridized carbons (Fsp3) is 0.250. The SMILES string of the molecule is BC(B)(O)c1ccc(Br)cc1C(F)(F)F. The standard InChI is InChI=1S/C8H8B2BrF3O/c9-7(10,15)5-2-1-4(11)3-6(5)8(12,13)14/h1-3,15H,9-10H2. The van der Waals surface area contributed by atoms with E-state index >= 15 is 0 Å². The third-order valence-electron chi connectivity index (χ3n) is 1.95. The maximum Gasteiger partial charge on any atom is 0.416 e. The van der Waals surface area contributed by atoms with E-state index in [0.29, 0.717) is 4.47 Å². The highest BCUT2D eigenvalue weighted by atomic mass is 79.9. The van der Waals surface area contributed by atoms with Crippen molar-refractivity contribution >= 4 is 31.6 Å². The van der Waals surface area contributed by atoms with Crippen LogP contribution in [0.2, 0.25) is 0 Å². The van der Waals surface area contributed by atoms with Gasteiger partial charge in [0.05, 0.1) is 5.56 Å². The monoisotopic (exact) mass is 278 g/mol. The maximum atomic E-state index is 12.6. The summed E-state index contributed by atoms with van der Waals surface area (Å²) in [4.78, 5) is 0. The van der Waals surface area contributed by atoms with E-state index in [1.165, 1.54) is 27.8 Å². The molecule has 1 nitrogen and oxygen atoms in total. The molecular formula is C8H8B2BrF3O. The van der Waals surface area contributed by atoms with E-state index in [4.69, 9.17) is 0 Å². The van der Waals surface area contributed by atoms with Gasteiger partial charge in [-0.25, -0.2) is 0 Å². The van der Waals surface area contributed by atoms with Crippen molar-refractivity contribution in [3.63, 3.8) is 0 Å². The van der Waals surface area contributed by atoms with E-state index in [1.807, 2.05) is 0 Å². The van der Waals surface area contributed by atoms with Gasteiger partial charge in [-0.05, 0) is 17.7 Å². The van der Waals surface area contributed by atoms with Crippen LogP contribution in [0.3, 0.4) is 0 Å². The molecule has 0 spiro atoms. The second-order valence-corrected chi connectivity index (χ2v) is 4.66. The molecule has 0 saturated carbocycles. The van der Waals surface area contributed by atoms with Crippen LogP contribution in [-0.2, 0) is 11.6 Å². The molecule has 15 heavy (non-hydrogen) atoms. The van der Waals surface area contributed by atoms with Gasteiger partial charge < -0.3 is 5.11 Å². The van der Waals surface area contributed by atoms with Gasteiger partial charge in [0.2, 0.25) is 0 Å². The number of halogens is 4. The summed E-state index contributed by atoms with van der Waals surface area (Å²) in [5.74, 6) is 0. The zero-order valence-electron chi connectivity index (χ0n) is 8.19. The molecule has 0 unspecified atom stereocenters. The lowest BCUT2D eigenvalue weighted by molar-refractivity contribution is -0.139. The van der Waals surface area contributed by atoms with Crippen molar-refractivity contribution in [2.75, 3.05) is 0 Å². The van der Waals surface area contributed by atoms with Crippen molar-refractivity contribution in [1.82, 2.24) is 0 Å². The molecule has 1 rings (SSSR count). The van der Waals surface area contributed by atoms with E-state index in [-0.39, 0.29) is 5.56 Å². The highest BCUT2D eigenvalue weighted by Gasteiger charge is 2.36. The normalized spacial score (nSPS) is 12.9. The number of rotatable bonds is 1. The molecule has 1 N–H and O–H groups in total. The average Bonchev–Trinajstić information content (AvgIpc) is 2.00. The summed E-state index contributed by atoms with van der Waals surface area (Å²) in [7, 11) is 2.65. The Balaban J connectivity index is 3.41. The average molecular weight is 279 g/mol. The van der Waals surface area contributed by atoms with Crippen LogP contribution in [0.15, 0.2) is 22.7 Å². The fourth-order valence-electron chi connectivity index (χ4n) is 1.28. The van der Waals surface area contributed by atoms with Crippen molar-refractivity contribution in [1.29, 1.82) is 0 Å². The van der Waals surface area contributed by atoms with Gasteiger partial charge in [0.1, 0.15) is 15.7 Å². The minimum atomic E-state index is -4.46. The smallest absolute Gasteiger partial charge is 0.403 e. The highest BCUT2D eigenvalue weighted by molar-refractivity contribution is 9.10. The van der Waals surface area contributed by atoms with Gasteiger partial charge >= 0.3 is 6.18 Å². The van der Waals surface area contributed by atoms with E-state index in [1.54, 1.807) is 0 Å². The predicted octanol–water partition coefficient (Wildman–Crippen LogP) is 0.837. The molecule has 0 aliphatic carbocycles. The Morgan fingerprint density at radius 2 is 1.67 bits per heavy atom. The molecule has 1 aromatic rings. The Morgan fingerprint density at radius 3 is 2.07 bits per heavy atom. The molecule has 7 heteroatoms. The lowest BCUT2D eigenvalue weighted by atomic mass is 9.60. The fourth-order valence-corrected chi connectivity index (χ4v) is 1.65. The van der Waals surface area contributed by atoms with E-state index in [0.717, 1.165) is 6.07 Å². The van der Waals surface area contributed by atoms with Crippen LogP contribution in [0.25, 0.3) is 0 Å². The first kappa shape index (κ1) is 12.6. The molecule has 0 aromatic heterocycles. The maximum absolute atomic E-state index is 12.6. The Labute approximate surface area is 95.6 Å². The topological polar surface area (TPSA) is 20.2 Å². The molecule has 1 aromatic carbocycles. The van der Waals surface area contributed by atoms with Crippen molar-refractivity contribution in [3.8, 4) is 0 Å². The zero-order chi connectivity index (χ0) is 11.9. The lowest BCUT2D eigenvalue weighted by Crippen LogP contribution is -2.29. The second-order valence-electron chi connectivity index (χ2n) is 3.75. The number of aliphatic hydroxyl groups is 1. The van der Waals surface area contributed by atoms with E-state index in [2.05, 4.69) is 15.9 Å². The third-order valence-corrected chi connectivity index (χ3v) is 2.44. The van der Waals surface area contributed by atoms with Gasteiger partial charge in [-0.15, -0.1) is 0 Å². The summed E-state index contributed by atoms with van der Waals surface area (Å²) in [5.41, 5.74) is -0.942. The minimum Gasteiger partial charge on any atom is -0.403 e. The van der Waals surface area contributed by atoms with Crippen LogP contribution in [0.5, 0.6) is 0 Å². The van der Waals surface area contributed by atoms with Gasteiger partial charge in [0, 0.05) is 9.87 Å². The van der Waals surface area contributed by atoms with Crippen LogP contribution in [0.1, 0.15) is 11.1 Å². The molecule has 0 amide bonds. The Bertz CT molecular complexity index is 373. The molecule has 0 radical (unpaired) electrons. The summed E-state index contributed by atoms with van der Waals surface area (Å²) in [6, 6.07) is 3.71. The first-order valence-corrected chi connectivity index (χ1v) is 5.01.